The molecule has 0 saturated heterocycles. The van der Waals surface area contributed by atoms with E-state index >= 15 is 0 Å². The third-order valence-electron chi connectivity index (χ3n) is 2.72. The van der Waals surface area contributed by atoms with Crippen LogP contribution < -0.4 is 5.73 Å². The Labute approximate surface area is 112 Å². The highest BCUT2D eigenvalue weighted by Gasteiger charge is 2.11. The Kier molecular flexibility index (Phi) is 3.05. The maximum atomic E-state index is 12.1. The summed E-state index contributed by atoms with van der Waals surface area (Å²) >= 11 is 0. The SMILES string of the molecule is Nc1ccc2nc(CS(=O)c3ccccc3)oc2c1. The van der Waals surface area contributed by atoms with Crippen molar-refractivity contribution in [3.8, 4) is 0 Å². The highest BCUT2D eigenvalue weighted by atomic mass is 32.2. The Morgan fingerprint density at radius 2 is 1.95 bits per heavy atom. The topological polar surface area (TPSA) is 69.1 Å². The van der Waals surface area contributed by atoms with Crippen LogP contribution in [-0.2, 0) is 16.6 Å². The lowest BCUT2D eigenvalue weighted by atomic mass is 10.3. The number of rotatable bonds is 3. The number of hydrogen-bond donors (Lipinski definition) is 1. The fraction of sp³-hybridized carbons (Fsp3) is 0.0714. The molecule has 0 aliphatic heterocycles. The van der Waals surface area contributed by atoms with Crippen LogP contribution in [0.25, 0.3) is 11.1 Å². The molecular weight excluding hydrogens is 260 g/mol. The second-order valence-electron chi connectivity index (χ2n) is 4.14. The molecule has 0 aliphatic carbocycles. The Morgan fingerprint density at radius 3 is 2.74 bits per heavy atom. The number of oxazole rings is 1. The first-order valence-electron chi connectivity index (χ1n) is 5.81. The van der Waals surface area contributed by atoms with E-state index in [0.717, 1.165) is 10.4 Å². The van der Waals surface area contributed by atoms with Crippen LogP contribution in [0.3, 0.4) is 0 Å². The monoisotopic (exact) mass is 272 g/mol. The zero-order chi connectivity index (χ0) is 13.2. The number of anilines is 1. The number of hydrogen-bond acceptors (Lipinski definition) is 4. The van der Waals surface area contributed by atoms with Gasteiger partial charge in [-0.15, -0.1) is 0 Å². The molecule has 96 valence electrons. The van der Waals surface area contributed by atoms with E-state index in [-0.39, 0.29) is 5.75 Å². The summed E-state index contributed by atoms with van der Waals surface area (Å²) in [5.41, 5.74) is 7.66. The van der Waals surface area contributed by atoms with E-state index in [0.29, 0.717) is 17.2 Å². The van der Waals surface area contributed by atoms with Crippen LogP contribution in [0.5, 0.6) is 0 Å². The number of nitrogens with zero attached hydrogens (tertiary/aromatic N) is 1. The zero-order valence-electron chi connectivity index (χ0n) is 10.1. The smallest absolute Gasteiger partial charge is 0.208 e. The molecule has 19 heavy (non-hydrogen) atoms. The third-order valence-corrected chi connectivity index (χ3v) is 4.02. The van der Waals surface area contributed by atoms with Gasteiger partial charge in [-0.05, 0) is 24.3 Å². The van der Waals surface area contributed by atoms with Crippen LogP contribution in [0.2, 0.25) is 0 Å². The lowest BCUT2D eigenvalue weighted by Crippen LogP contribution is -1.96. The fourth-order valence-corrected chi connectivity index (χ4v) is 2.79. The fourth-order valence-electron chi connectivity index (χ4n) is 1.82. The molecular formula is C14H12N2O2S. The van der Waals surface area contributed by atoms with Crippen molar-refractivity contribution in [2.75, 3.05) is 5.73 Å². The summed E-state index contributed by atoms with van der Waals surface area (Å²) in [7, 11) is -1.15. The summed E-state index contributed by atoms with van der Waals surface area (Å²) in [6.07, 6.45) is 0. The minimum atomic E-state index is -1.15. The van der Waals surface area contributed by atoms with Gasteiger partial charge < -0.3 is 10.2 Å². The van der Waals surface area contributed by atoms with Crippen LogP contribution in [0.4, 0.5) is 5.69 Å². The molecule has 0 fully saturated rings. The van der Waals surface area contributed by atoms with Gasteiger partial charge in [0.05, 0.1) is 10.8 Å². The maximum Gasteiger partial charge on any atom is 0.208 e. The van der Waals surface area contributed by atoms with Crippen LogP contribution in [0.1, 0.15) is 5.89 Å². The molecule has 2 N–H and O–H groups in total. The van der Waals surface area contributed by atoms with Gasteiger partial charge in [0.25, 0.3) is 0 Å². The highest BCUT2D eigenvalue weighted by molar-refractivity contribution is 7.84. The molecule has 1 heterocycles. The minimum absolute atomic E-state index is 0.262. The quantitative estimate of drug-likeness (QED) is 0.744. The Morgan fingerprint density at radius 1 is 1.16 bits per heavy atom. The number of nitrogens with two attached hydrogens (primary N) is 1. The molecule has 1 aromatic heterocycles. The van der Waals surface area contributed by atoms with E-state index in [2.05, 4.69) is 4.98 Å². The van der Waals surface area contributed by atoms with E-state index in [4.69, 9.17) is 10.2 Å². The van der Waals surface area contributed by atoms with Gasteiger partial charge >= 0.3 is 0 Å². The maximum absolute atomic E-state index is 12.1. The molecule has 0 spiro atoms. The summed E-state index contributed by atoms with van der Waals surface area (Å²) in [6.45, 7) is 0. The number of aromatic nitrogens is 1. The van der Waals surface area contributed by atoms with Crippen molar-refractivity contribution in [2.45, 2.75) is 10.6 Å². The number of nitrogen functional groups attached to an aromatic ring is 1. The van der Waals surface area contributed by atoms with Crippen molar-refractivity contribution in [3.05, 3.63) is 54.4 Å². The van der Waals surface area contributed by atoms with Crippen molar-refractivity contribution < 1.29 is 8.63 Å². The Balaban J connectivity index is 1.87. The van der Waals surface area contributed by atoms with Crippen LogP contribution in [0.15, 0.2) is 57.8 Å². The van der Waals surface area contributed by atoms with Crippen molar-refractivity contribution >= 4 is 27.6 Å². The molecule has 2 aromatic carbocycles. The summed E-state index contributed by atoms with van der Waals surface area (Å²) in [6, 6.07) is 14.6. The molecule has 0 radical (unpaired) electrons. The molecule has 4 nitrogen and oxygen atoms in total. The average Bonchev–Trinajstić information content (AvgIpc) is 2.81. The van der Waals surface area contributed by atoms with Gasteiger partial charge in [0.15, 0.2) is 5.58 Å². The standard InChI is InChI=1S/C14H12N2O2S/c15-10-6-7-12-13(8-10)18-14(16-12)9-19(17)11-4-2-1-3-5-11/h1-8H,9,15H2. The molecule has 0 aliphatic rings. The lowest BCUT2D eigenvalue weighted by Gasteiger charge is -1.97. The average molecular weight is 272 g/mol. The van der Waals surface area contributed by atoms with Crippen LogP contribution in [0, 0.1) is 0 Å². The Bertz CT molecular complexity index is 738. The van der Waals surface area contributed by atoms with E-state index in [1.54, 1.807) is 18.2 Å². The highest BCUT2D eigenvalue weighted by Crippen LogP contribution is 2.20. The molecule has 3 aromatic rings. The Hall–Kier alpha value is -2.14. The molecule has 1 unspecified atom stereocenters. The predicted molar refractivity (Wildman–Crippen MR) is 75.0 cm³/mol. The third kappa shape index (κ3) is 2.51. The summed E-state index contributed by atoms with van der Waals surface area (Å²) in [5, 5.41) is 0. The van der Waals surface area contributed by atoms with Crippen molar-refractivity contribution in [2.24, 2.45) is 0 Å². The first kappa shape index (κ1) is 11.9. The van der Waals surface area contributed by atoms with Crippen molar-refractivity contribution in [3.63, 3.8) is 0 Å². The lowest BCUT2D eigenvalue weighted by molar-refractivity contribution is 0.552. The van der Waals surface area contributed by atoms with E-state index in [1.807, 2.05) is 30.3 Å². The van der Waals surface area contributed by atoms with Gasteiger partial charge in [-0.1, -0.05) is 18.2 Å². The second kappa shape index (κ2) is 4.85. The van der Waals surface area contributed by atoms with Gasteiger partial charge in [-0.25, -0.2) is 4.98 Å². The van der Waals surface area contributed by atoms with E-state index in [9.17, 15) is 4.21 Å². The van der Waals surface area contributed by atoms with E-state index in [1.165, 1.54) is 0 Å². The second-order valence-corrected chi connectivity index (χ2v) is 5.59. The van der Waals surface area contributed by atoms with Gasteiger partial charge in [0.1, 0.15) is 11.3 Å². The predicted octanol–water partition coefficient (Wildman–Crippen LogP) is 2.72. The molecule has 0 saturated carbocycles. The molecule has 0 bridgehead atoms. The van der Waals surface area contributed by atoms with Crippen LogP contribution >= 0.6 is 0 Å². The first-order valence-corrected chi connectivity index (χ1v) is 7.12. The van der Waals surface area contributed by atoms with Gasteiger partial charge in [-0.2, -0.15) is 0 Å². The van der Waals surface area contributed by atoms with Crippen molar-refractivity contribution in [1.82, 2.24) is 4.98 Å². The normalized spacial score (nSPS) is 12.6. The molecule has 1 atom stereocenters. The van der Waals surface area contributed by atoms with Crippen molar-refractivity contribution in [1.29, 1.82) is 0 Å². The summed E-state index contributed by atoms with van der Waals surface area (Å²) in [4.78, 5) is 5.07. The summed E-state index contributed by atoms with van der Waals surface area (Å²) in [5.74, 6) is 0.723. The number of benzene rings is 2. The van der Waals surface area contributed by atoms with Gasteiger partial charge in [-0.3, -0.25) is 4.21 Å². The molecule has 0 amide bonds. The van der Waals surface area contributed by atoms with E-state index < -0.39 is 10.8 Å². The zero-order valence-corrected chi connectivity index (χ0v) is 10.9. The molecule has 5 heteroatoms. The minimum Gasteiger partial charge on any atom is -0.440 e. The van der Waals surface area contributed by atoms with Gasteiger partial charge in [0, 0.05) is 16.6 Å². The van der Waals surface area contributed by atoms with Gasteiger partial charge in [0.2, 0.25) is 5.89 Å². The first-order chi connectivity index (χ1) is 9.22. The summed E-state index contributed by atoms with van der Waals surface area (Å²) < 4.78 is 17.7. The number of fused-ring (bicyclic) bond motifs is 1. The largest absolute Gasteiger partial charge is 0.440 e. The molecule has 3 rings (SSSR count). The van der Waals surface area contributed by atoms with Crippen LogP contribution in [-0.4, -0.2) is 9.19 Å².